The molecule has 90 valence electrons. The Bertz CT molecular complexity index is 664. The molecule has 0 aliphatic heterocycles. The number of aromatic nitrogens is 1. The van der Waals surface area contributed by atoms with Gasteiger partial charge in [-0.2, -0.15) is 0 Å². The molecule has 0 radical (unpaired) electrons. The van der Waals surface area contributed by atoms with Gasteiger partial charge in [0, 0.05) is 29.4 Å². The van der Waals surface area contributed by atoms with Gasteiger partial charge in [0.05, 0.1) is 23.2 Å². The number of hydrogen-bond donors (Lipinski definition) is 0. The van der Waals surface area contributed by atoms with Crippen molar-refractivity contribution >= 4 is 33.6 Å². The maximum Gasteiger partial charge on any atom is 0.168 e. The van der Waals surface area contributed by atoms with Crippen molar-refractivity contribution in [2.75, 3.05) is 7.11 Å². The summed E-state index contributed by atoms with van der Waals surface area (Å²) < 4.78 is 5.08. The minimum Gasteiger partial charge on any atom is -0.314 e. The first-order chi connectivity index (χ1) is 8.79. The fourth-order valence-electron chi connectivity index (χ4n) is 2.07. The highest BCUT2D eigenvalue weighted by Crippen LogP contribution is 2.34. The molecule has 0 N–H and O–H groups in total. The Morgan fingerprint density at radius 3 is 3.00 bits per heavy atom. The number of hydrogen-bond acceptors (Lipinski definition) is 4. The summed E-state index contributed by atoms with van der Waals surface area (Å²) in [7, 11) is 1.61. The number of rotatable bonds is 2. The highest BCUT2D eigenvalue weighted by Gasteiger charge is 2.21. The molecule has 3 nitrogen and oxygen atoms in total. The van der Waals surface area contributed by atoms with Gasteiger partial charge in [-0.05, 0) is 12.1 Å². The summed E-state index contributed by atoms with van der Waals surface area (Å²) in [5, 5.41) is 0.994. The second-order valence-electron chi connectivity index (χ2n) is 4.02. The largest absolute Gasteiger partial charge is 0.314 e. The van der Waals surface area contributed by atoms with Crippen molar-refractivity contribution in [1.29, 1.82) is 0 Å². The van der Waals surface area contributed by atoms with Crippen LogP contribution in [0.4, 0.5) is 0 Å². The molecule has 0 amide bonds. The van der Waals surface area contributed by atoms with Crippen LogP contribution in [0, 0.1) is 0 Å². The molecular formula is C14H11NO2S. The molecular weight excluding hydrogens is 246 g/mol. The van der Waals surface area contributed by atoms with Crippen LogP contribution in [-0.4, -0.2) is 17.9 Å². The monoisotopic (exact) mass is 257 g/mol. The number of pyridine rings is 1. The quantitative estimate of drug-likeness (QED) is 0.772. The molecule has 3 rings (SSSR count). The fourth-order valence-corrected chi connectivity index (χ4v) is 2.64. The summed E-state index contributed by atoms with van der Waals surface area (Å²) >= 11 is 1.25. The van der Waals surface area contributed by atoms with Crippen molar-refractivity contribution < 1.29 is 8.98 Å². The van der Waals surface area contributed by atoms with Crippen LogP contribution in [0.25, 0.3) is 15.8 Å². The normalized spacial score (nSPS) is 14.5. The molecule has 0 saturated heterocycles. The third kappa shape index (κ3) is 1.83. The van der Waals surface area contributed by atoms with Crippen molar-refractivity contribution in [3.05, 3.63) is 47.7 Å². The summed E-state index contributed by atoms with van der Waals surface area (Å²) in [6.45, 7) is 0. The zero-order chi connectivity index (χ0) is 12.5. The molecule has 1 aromatic heterocycles. The lowest BCUT2D eigenvalue weighted by Crippen LogP contribution is -2.09. The van der Waals surface area contributed by atoms with Crippen molar-refractivity contribution in [3.8, 4) is 0 Å². The Morgan fingerprint density at radius 2 is 2.17 bits per heavy atom. The van der Waals surface area contributed by atoms with E-state index in [1.165, 1.54) is 12.0 Å². The van der Waals surface area contributed by atoms with Gasteiger partial charge in [0.2, 0.25) is 0 Å². The number of Topliss-reactive ketones (excluding diaryl/α,β-unsaturated/α-hetero) is 1. The maximum absolute atomic E-state index is 11.9. The Balaban J connectivity index is 2.24. The van der Waals surface area contributed by atoms with Gasteiger partial charge in [-0.15, -0.1) is 0 Å². The molecule has 0 spiro atoms. The van der Waals surface area contributed by atoms with Gasteiger partial charge >= 0.3 is 0 Å². The van der Waals surface area contributed by atoms with Gasteiger partial charge in [-0.1, -0.05) is 24.3 Å². The van der Waals surface area contributed by atoms with Crippen molar-refractivity contribution in [1.82, 2.24) is 4.98 Å². The lowest BCUT2D eigenvalue weighted by molar-refractivity contribution is 0.0994. The predicted octanol–water partition coefficient (Wildman–Crippen LogP) is 3.46. The standard InChI is InChI=1S/C14H11NO2S/c1-17-18-13-7-6-12(16)10-8-9-4-2-3-5-11(9)15-14(10)13/h2-5,7-8H,6H2,1H3. The van der Waals surface area contributed by atoms with Crippen molar-refractivity contribution in [2.24, 2.45) is 0 Å². The third-order valence-electron chi connectivity index (χ3n) is 2.90. The molecule has 1 aliphatic carbocycles. The predicted molar refractivity (Wildman–Crippen MR) is 73.3 cm³/mol. The number of allylic oxidation sites excluding steroid dienone is 1. The van der Waals surface area contributed by atoms with Crippen LogP contribution in [0.5, 0.6) is 0 Å². The number of benzene rings is 1. The molecule has 0 atom stereocenters. The van der Waals surface area contributed by atoms with Crippen LogP contribution in [0.1, 0.15) is 22.5 Å². The lowest BCUT2D eigenvalue weighted by atomic mass is 9.98. The van der Waals surface area contributed by atoms with Crippen molar-refractivity contribution in [3.63, 3.8) is 0 Å². The highest BCUT2D eigenvalue weighted by atomic mass is 32.2. The zero-order valence-corrected chi connectivity index (χ0v) is 10.7. The Kier molecular flexibility index (Phi) is 2.89. The van der Waals surface area contributed by atoms with Crippen molar-refractivity contribution in [2.45, 2.75) is 6.42 Å². The lowest BCUT2D eigenvalue weighted by Gasteiger charge is -2.15. The molecule has 1 aliphatic rings. The molecule has 1 aromatic carbocycles. The van der Waals surface area contributed by atoms with Crippen LogP contribution in [0.15, 0.2) is 36.4 Å². The van der Waals surface area contributed by atoms with Crippen LogP contribution < -0.4 is 0 Å². The third-order valence-corrected chi connectivity index (χ3v) is 3.61. The average molecular weight is 257 g/mol. The first kappa shape index (κ1) is 11.4. The molecule has 0 saturated carbocycles. The fraction of sp³-hybridized carbons (Fsp3) is 0.143. The summed E-state index contributed by atoms with van der Waals surface area (Å²) in [4.78, 5) is 17.4. The van der Waals surface area contributed by atoms with E-state index in [0.29, 0.717) is 12.0 Å². The first-order valence-electron chi connectivity index (χ1n) is 5.64. The van der Waals surface area contributed by atoms with Gasteiger partial charge < -0.3 is 4.18 Å². The van der Waals surface area contributed by atoms with Crippen LogP contribution >= 0.6 is 12.0 Å². The minimum atomic E-state index is 0.115. The van der Waals surface area contributed by atoms with Gasteiger partial charge in [-0.25, -0.2) is 4.98 Å². The first-order valence-corrected chi connectivity index (χ1v) is 6.38. The zero-order valence-electron chi connectivity index (χ0n) is 9.84. The number of fused-ring (bicyclic) bond motifs is 2. The molecule has 0 unspecified atom stereocenters. The van der Waals surface area contributed by atoms with Gasteiger partial charge in [-0.3, -0.25) is 4.79 Å². The molecule has 2 aromatic rings. The Morgan fingerprint density at radius 1 is 1.33 bits per heavy atom. The summed E-state index contributed by atoms with van der Waals surface area (Å²) in [6.07, 6.45) is 2.29. The Labute approximate surface area is 109 Å². The molecule has 0 fully saturated rings. The smallest absolute Gasteiger partial charge is 0.168 e. The van der Waals surface area contributed by atoms with Crippen LogP contribution in [0.3, 0.4) is 0 Å². The average Bonchev–Trinajstić information content (AvgIpc) is 2.41. The van der Waals surface area contributed by atoms with E-state index in [1.54, 1.807) is 7.11 Å². The van der Waals surface area contributed by atoms with Crippen LogP contribution in [0.2, 0.25) is 0 Å². The molecule has 18 heavy (non-hydrogen) atoms. The van der Waals surface area contributed by atoms with E-state index in [-0.39, 0.29) is 5.78 Å². The number of ketones is 1. The van der Waals surface area contributed by atoms with Gasteiger partial charge in [0.1, 0.15) is 0 Å². The molecule has 4 heteroatoms. The SMILES string of the molecule is COSC1=CCC(=O)c2cc3ccccc3nc21. The minimum absolute atomic E-state index is 0.115. The van der Waals surface area contributed by atoms with E-state index in [9.17, 15) is 4.79 Å². The van der Waals surface area contributed by atoms with E-state index >= 15 is 0 Å². The second-order valence-corrected chi connectivity index (χ2v) is 4.96. The second kappa shape index (κ2) is 4.55. The summed E-state index contributed by atoms with van der Waals surface area (Å²) in [5.41, 5.74) is 2.32. The number of carbonyl (C=O) groups excluding carboxylic acids is 1. The highest BCUT2D eigenvalue weighted by molar-refractivity contribution is 8.04. The summed E-state index contributed by atoms with van der Waals surface area (Å²) in [6, 6.07) is 9.73. The Hall–Kier alpha value is -1.65. The van der Waals surface area contributed by atoms with E-state index in [0.717, 1.165) is 21.5 Å². The van der Waals surface area contributed by atoms with E-state index in [4.69, 9.17) is 4.18 Å². The summed E-state index contributed by atoms with van der Waals surface area (Å²) in [5.74, 6) is 0.115. The van der Waals surface area contributed by atoms with E-state index in [2.05, 4.69) is 4.98 Å². The van der Waals surface area contributed by atoms with Crippen LogP contribution in [-0.2, 0) is 4.18 Å². The number of nitrogens with zero attached hydrogens (tertiary/aromatic N) is 1. The van der Waals surface area contributed by atoms with Gasteiger partial charge in [0.25, 0.3) is 0 Å². The van der Waals surface area contributed by atoms with Gasteiger partial charge in [0.15, 0.2) is 5.78 Å². The number of carbonyl (C=O) groups is 1. The van der Waals surface area contributed by atoms with E-state index < -0.39 is 0 Å². The topological polar surface area (TPSA) is 39.2 Å². The molecule has 1 heterocycles. The van der Waals surface area contributed by atoms with E-state index in [1.807, 2.05) is 36.4 Å². The molecule has 0 bridgehead atoms. The maximum atomic E-state index is 11.9. The number of para-hydroxylation sites is 1.